The standard InChI is InChI=1S/C16H24N2O/c1-12-6-8-14(9-7-12)10-16(19)17-11-15-5-3-4-13(2)18-15/h6-9,13,15,18H,3-5,10-11H2,1-2H3,(H,17,19). The number of hydrogen-bond acceptors (Lipinski definition) is 2. The second-order valence-electron chi connectivity index (χ2n) is 5.66. The minimum Gasteiger partial charge on any atom is -0.354 e. The topological polar surface area (TPSA) is 41.1 Å². The second kappa shape index (κ2) is 6.71. The van der Waals surface area contributed by atoms with Crippen LogP contribution in [0.2, 0.25) is 0 Å². The van der Waals surface area contributed by atoms with Crippen LogP contribution in [0, 0.1) is 6.92 Å². The van der Waals surface area contributed by atoms with Crippen LogP contribution in [0.4, 0.5) is 0 Å². The molecule has 0 aromatic heterocycles. The number of piperidine rings is 1. The van der Waals surface area contributed by atoms with Gasteiger partial charge in [-0.2, -0.15) is 0 Å². The molecule has 1 aliphatic rings. The molecule has 2 N–H and O–H groups in total. The lowest BCUT2D eigenvalue weighted by Crippen LogP contribution is -2.47. The monoisotopic (exact) mass is 260 g/mol. The Hall–Kier alpha value is -1.35. The van der Waals surface area contributed by atoms with E-state index in [9.17, 15) is 4.79 Å². The Morgan fingerprint density at radius 1 is 1.32 bits per heavy atom. The lowest BCUT2D eigenvalue weighted by molar-refractivity contribution is -0.120. The summed E-state index contributed by atoms with van der Waals surface area (Å²) in [5.74, 6) is 0.115. The van der Waals surface area contributed by atoms with Gasteiger partial charge in [-0.05, 0) is 32.3 Å². The molecule has 0 bridgehead atoms. The van der Waals surface area contributed by atoms with Crippen molar-refractivity contribution in [3.63, 3.8) is 0 Å². The van der Waals surface area contributed by atoms with Crippen molar-refractivity contribution in [2.45, 2.75) is 51.6 Å². The molecule has 2 atom stereocenters. The first-order valence-electron chi connectivity index (χ1n) is 7.22. The molecule has 0 aliphatic carbocycles. The molecule has 0 radical (unpaired) electrons. The van der Waals surface area contributed by atoms with Crippen LogP contribution in [0.25, 0.3) is 0 Å². The van der Waals surface area contributed by atoms with Gasteiger partial charge in [-0.3, -0.25) is 4.79 Å². The molecule has 3 nitrogen and oxygen atoms in total. The maximum atomic E-state index is 11.9. The third-order valence-electron chi connectivity index (χ3n) is 3.74. The molecule has 1 heterocycles. The number of amides is 1. The summed E-state index contributed by atoms with van der Waals surface area (Å²) in [5.41, 5.74) is 2.30. The molecule has 0 saturated carbocycles. The number of rotatable bonds is 4. The van der Waals surface area contributed by atoms with Crippen LogP contribution in [0.1, 0.15) is 37.3 Å². The van der Waals surface area contributed by atoms with Crippen molar-refractivity contribution in [3.8, 4) is 0 Å². The first kappa shape index (κ1) is 14.1. The largest absolute Gasteiger partial charge is 0.354 e. The fourth-order valence-corrected chi connectivity index (χ4v) is 2.59. The maximum absolute atomic E-state index is 11.9. The molecule has 19 heavy (non-hydrogen) atoms. The van der Waals surface area contributed by atoms with Crippen LogP contribution < -0.4 is 10.6 Å². The Kier molecular flexibility index (Phi) is 4.97. The molecule has 1 aromatic rings. The van der Waals surface area contributed by atoms with Gasteiger partial charge in [-0.15, -0.1) is 0 Å². The molecule has 1 aliphatic heterocycles. The van der Waals surface area contributed by atoms with Gasteiger partial charge >= 0.3 is 0 Å². The fraction of sp³-hybridized carbons (Fsp3) is 0.562. The zero-order chi connectivity index (χ0) is 13.7. The minimum atomic E-state index is 0.115. The van der Waals surface area contributed by atoms with Crippen LogP contribution in [0.15, 0.2) is 24.3 Å². The SMILES string of the molecule is Cc1ccc(CC(=O)NCC2CCCC(C)N2)cc1. The van der Waals surface area contributed by atoms with Crippen molar-refractivity contribution in [2.75, 3.05) is 6.54 Å². The molecule has 0 spiro atoms. The molecule has 1 amide bonds. The first-order valence-corrected chi connectivity index (χ1v) is 7.22. The van der Waals surface area contributed by atoms with Crippen molar-refractivity contribution in [2.24, 2.45) is 0 Å². The number of aryl methyl sites for hydroxylation is 1. The average molecular weight is 260 g/mol. The Bertz CT molecular complexity index is 413. The number of carbonyl (C=O) groups excluding carboxylic acids is 1. The fourth-order valence-electron chi connectivity index (χ4n) is 2.59. The third-order valence-corrected chi connectivity index (χ3v) is 3.74. The highest BCUT2D eigenvalue weighted by molar-refractivity contribution is 5.78. The number of nitrogens with one attached hydrogen (secondary N) is 2. The Balaban J connectivity index is 1.73. The summed E-state index contributed by atoms with van der Waals surface area (Å²) in [6.07, 6.45) is 4.14. The number of hydrogen-bond donors (Lipinski definition) is 2. The van der Waals surface area contributed by atoms with E-state index in [2.05, 4.69) is 24.5 Å². The maximum Gasteiger partial charge on any atom is 0.224 e. The van der Waals surface area contributed by atoms with Crippen molar-refractivity contribution in [1.82, 2.24) is 10.6 Å². The Morgan fingerprint density at radius 3 is 2.74 bits per heavy atom. The van der Waals surface area contributed by atoms with Gasteiger partial charge in [-0.1, -0.05) is 36.2 Å². The van der Waals surface area contributed by atoms with E-state index in [4.69, 9.17) is 0 Å². The smallest absolute Gasteiger partial charge is 0.224 e. The van der Waals surface area contributed by atoms with Crippen molar-refractivity contribution < 1.29 is 4.79 Å². The lowest BCUT2D eigenvalue weighted by atomic mass is 9.99. The molecule has 1 aromatic carbocycles. The summed E-state index contributed by atoms with van der Waals surface area (Å²) in [7, 11) is 0. The molecule has 2 rings (SSSR count). The summed E-state index contributed by atoms with van der Waals surface area (Å²) in [6.45, 7) is 5.01. The molecule has 104 valence electrons. The van der Waals surface area contributed by atoms with Crippen LogP contribution in [0.3, 0.4) is 0 Å². The Labute approximate surface area is 115 Å². The molecular formula is C16H24N2O. The molecule has 2 unspecified atom stereocenters. The van der Waals surface area contributed by atoms with Gasteiger partial charge in [-0.25, -0.2) is 0 Å². The molecule has 1 saturated heterocycles. The van der Waals surface area contributed by atoms with Gasteiger partial charge in [0, 0.05) is 18.6 Å². The predicted molar refractivity (Wildman–Crippen MR) is 78.1 cm³/mol. The van der Waals surface area contributed by atoms with Crippen molar-refractivity contribution >= 4 is 5.91 Å². The van der Waals surface area contributed by atoms with E-state index in [1.807, 2.05) is 24.3 Å². The van der Waals surface area contributed by atoms with Crippen molar-refractivity contribution in [1.29, 1.82) is 0 Å². The number of carbonyl (C=O) groups is 1. The molecule has 1 fully saturated rings. The Morgan fingerprint density at radius 2 is 2.05 bits per heavy atom. The lowest BCUT2D eigenvalue weighted by Gasteiger charge is -2.28. The minimum absolute atomic E-state index is 0.115. The third kappa shape index (κ3) is 4.67. The van der Waals surface area contributed by atoms with Gasteiger partial charge in [0.05, 0.1) is 6.42 Å². The van der Waals surface area contributed by atoms with Gasteiger partial charge < -0.3 is 10.6 Å². The first-order chi connectivity index (χ1) is 9.13. The molecular weight excluding hydrogens is 236 g/mol. The normalized spacial score (nSPS) is 23.1. The van der Waals surface area contributed by atoms with E-state index in [1.54, 1.807) is 0 Å². The van der Waals surface area contributed by atoms with Crippen LogP contribution in [0.5, 0.6) is 0 Å². The van der Waals surface area contributed by atoms with E-state index in [-0.39, 0.29) is 5.91 Å². The molecule has 3 heteroatoms. The van der Waals surface area contributed by atoms with Gasteiger partial charge in [0.15, 0.2) is 0 Å². The van der Waals surface area contributed by atoms with Gasteiger partial charge in [0.25, 0.3) is 0 Å². The summed E-state index contributed by atoms with van der Waals surface area (Å²) >= 11 is 0. The van der Waals surface area contributed by atoms with Gasteiger partial charge in [0.1, 0.15) is 0 Å². The quantitative estimate of drug-likeness (QED) is 0.871. The zero-order valence-electron chi connectivity index (χ0n) is 11.9. The van der Waals surface area contributed by atoms with Crippen LogP contribution in [-0.4, -0.2) is 24.5 Å². The van der Waals surface area contributed by atoms with E-state index in [0.29, 0.717) is 18.5 Å². The second-order valence-corrected chi connectivity index (χ2v) is 5.66. The summed E-state index contributed by atoms with van der Waals surface area (Å²) in [5, 5.41) is 6.56. The zero-order valence-corrected chi connectivity index (χ0v) is 11.9. The highest BCUT2D eigenvalue weighted by Crippen LogP contribution is 2.11. The highest BCUT2D eigenvalue weighted by Gasteiger charge is 2.17. The summed E-state index contributed by atoms with van der Waals surface area (Å²) in [6, 6.07) is 9.16. The van der Waals surface area contributed by atoms with Crippen LogP contribution >= 0.6 is 0 Å². The number of benzene rings is 1. The van der Waals surface area contributed by atoms with E-state index < -0.39 is 0 Å². The summed E-state index contributed by atoms with van der Waals surface area (Å²) < 4.78 is 0. The van der Waals surface area contributed by atoms with E-state index in [0.717, 1.165) is 18.5 Å². The summed E-state index contributed by atoms with van der Waals surface area (Å²) in [4.78, 5) is 11.9. The average Bonchev–Trinajstić information content (AvgIpc) is 2.39. The predicted octanol–water partition coefficient (Wildman–Crippen LogP) is 2.18. The highest BCUT2D eigenvalue weighted by atomic mass is 16.1. The van der Waals surface area contributed by atoms with Gasteiger partial charge in [0.2, 0.25) is 5.91 Å². The van der Waals surface area contributed by atoms with Crippen LogP contribution in [-0.2, 0) is 11.2 Å². The van der Waals surface area contributed by atoms with Crippen molar-refractivity contribution in [3.05, 3.63) is 35.4 Å². The van der Waals surface area contributed by atoms with E-state index in [1.165, 1.54) is 18.4 Å². The van der Waals surface area contributed by atoms with E-state index >= 15 is 0 Å².